The molecule has 1 unspecified atom stereocenters. The molecule has 0 aliphatic carbocycles. The summed E-state index contributed by atoms with van der Waals surface area (Å²) in [5, 5.41) is 25.8. The Bertz CT molecular complexity index is 105. The maximum absolute atomic E-state index is 8.75. The normalized spacial score (nSPS) is 16.5. The number of hydrogen-bond acceptors (Lipinski definition) is 7. The van der Waals surface area contributed by atoms with Gasteiger partial charge in [-0.05, 0) is 0 Å². The average Bonchev–Trinajstić information content (AvgIpc) is 2.26. The zero-order valence-electron chi connectivity index (χ0n) is 7.69. The van der Waals surface area contributed by atoms with Crippen LogP contribution in [-0.4, -0.2) is 56.6 Å². The highest BCUT2D eigenvalue weighted by Crippen LogP contribution is 1.96. The first-order chi connectivity index (χ1) is 6.53. The lowest BCUT2D eigenvalue weighted by atomic mass is 10.3. The van der Waals surface area contributed by atoms with Gasteiger partial charge in [0.1, 0.15) is 0 Å². The summed E-state index contributed by atoms with van der Waals surface area (Å²) >= 11 is 15.3. The van der Waals surface area contributed by atoms with Gasteiger partial charge in [-0.2, -0.15) is 50.5 Å². The van der Waals surface area contributed by atoms with Crippen molar-refractivity contribution in [1.82, 2.24) is 0 Å². The van der Waals surface area contributed by atoms with E-state index < -0.39 is 12.2 Å². The van der Waals surface area contributed by atoms with Gasteiger partial charge < -0.3 is 15.3 Å². The molecule has 0 saturated heterocycles. The van der Waals surface area contributed by atoms with Gasteiger partial charge in [0.15, 0.2) is 0 Å². The minimum absolute atomic E-state index is 0.0494. The molecule has 14 heavy (non-hydrogen) atoms. The smallest absolute Gasteiger partial charge is 0.0894 e. The molecule has 0 spiro atoms. The van der Waals surface area contributed by atoms with Crippen LogP contribution in [0, 0.1) is 0 Å². The van der Waals surface area contributed by atoms with Gasteiger partial charge in [0, 0.05) is 22.5 Å². The Morgan fingerprint density at radius 1 is 0.857 bits per heavy atom. The topological polar surface area (TPSA) is 60.7 Å². The van der Waals surface area contributed by atoms with Crippen LogP contribution in [0.5, 0.6) is 0 Å². The summed E-state index contributed by atoms with van der Waals surface area (Å²) in [6.07, 6.45) is -1.48. The molecule has 3 N–H and O–H groups in total. The Hall–Kier alpha value is 1.28. The maximum atomic E-state index is 8.75. The van der Waals surface area contributed by atoms with Crippen molar-refractivity contribution in [3.8, 4) is 0 Å². The van der Waals surface area contributed by atoms with Crippen molar-refractivity contribution in [2.24, 2.45) is 0 Å². The molecule has 0 aromatic heterocycles. The third-order valence-corrected chi connectivity index (χ3v) is 3.06. The van der Waals surface area contributed by atoms with E-state index in [9.17, 15) is 0 Å². The molecule has 0 aliphatic heterocycles. The van der Waals surface area contributed by atoms with Crippen molar-refractivity contribution in [2.45, 2.75) is 17.5 Å². The zero-order chi connectivity index (χ0) is 11.6. The second kappa shape index (κ2) is 12.4. The summed E-state index contributed by atoms with van der Waals surface area (Å²) in [5.41, 5.74) is 0. The molecule has 0 aliphatic rings. The summed E-state index contributed by atoms with van der Waals surface area (Å²) < 4.78 is 0. The molecule has 0 fully saturated rings. The van der Waals surface area contributed by atoms with E-state index in [1.807, 2.05) is 0 Å². The fourth-order valence-corrected chi connectivity index (χ4v) is 0.903. The van der Waals surface area contributed by atoms with E-state index >= 15 is 0 Å². The van der Waals surface area contributed by atoms with Crippen LogP contribution in [-0.2, 0) is 0 Å². The highest BCUT2D eigenvalue weighted by Gasteiger charge is 2.10. The number of aliphatic hydroxyl groups excluding tert-OH is 3. The van der Waals surface area contributed by atoms with Gasteiger partial charge in [0.05, 0.1) is 18.8 Å². The van der Waals surface area contributed by atoms with Crippen molar-refractivity contribution >= 4 is 50.5 Å². The summed E-state index contributed by atoms with van der Waals surface area (Å²) in [4.78, 5) is 0. The van der Waals surface area contributed by atoms with Crippen LogP contribution < -0.4 is 0 Å². The lowest BCUT2D eigenvalue weighted by Crippen LogP contribution is -2.28. The molecule has 88 valence electrons. The first kappa shape index (κ1) is 17.7. The fourth-order valence-electron chi connectivity index (χ4n) is 0.301. The Morgan fingerprint density at radius 3 is 1.29 bits per heavy atom. The summed E-state index contributed by atoms with van der Waals surface area (Å²) in [7, 11) is 0. The van der Waals surface area contributed by atoms with E-state index in [-0.39, 0.29) is 23.4 Å². The third kappa shape index (κ3) is 11.4. The fraction of sp³-hybridized carbons (Fsp3) is 1.00. The molecular weight excluding hydrogens is 260 g/mol. The second-order valence-electron chi connectivity index (χ2n) is 2.52. The van der Waals surface area contributed by atoms with E-state index in [0.29, 0.717) is 5.75 Å². The SMILES string of the molecule is OCC(S)CS.O[C@H](CS)[C@@H](O)CS. The monoisotopic (exact) mass is 278 g/mol. The van der Waals surface area contributed by atoms with E-state index in [0.717, 1.165) is 0 Å². The van der Waals surface area contributed by atoms with Gasteiger partial charge in [0.25, 0.3) is 0 Å². The summed E-state index contributed by atoms with van der Waals surface area (Å²) in [5.74, 6) is 1.20. The molecule has 0 heterocycles. The molecule has 0 amide bonds. The number of hydrogen-bond donors (Lipinski definition) is 7. The second-order valence-corrected chi connectivity index (χ2v) is 4.34. The van der Waals surface area contributed by atoms with Crippen LogP contribution >= 0.6 is 50.5 Å². The molecule has 0 bridgehead atoms. The molecule has 3 atom stereocenters. The molecule has 7 heteroatoms. The van der Waals surface area contributed by atoms with Gasteiger partial charge in [-0.3, -0.25) is 0 Å². The lowest BCUT2D eigenvalue weighted by Gasteiger charge is -2.11. The van der Waals surface area contributed by atoms with Gasteiger partial charge in [0.2, 0.25) is 0 Å². The summed E-state index contributed by atoms with van der Waals surface area (Å²) in [6.45, 7) is 0.118. The van der Waals surface area contributed by atoms with Crippen molar-refractivity contribution in [3.63, 3.8) is 0 Å². The predicted molar refractivity (Wildman–Crippen MR) is 73.4 cm³/mol. The lowest BCUT2D eigenvalue weighted by molar-refractivity contribution is 0.0504. The first-order valence-corrected chi connectivity index (χ1v) is 6.42. The van der Waals surface area contributed by atoms with Gasteiger partial charge >= 0.3 is 0 Å². The molecule has 0 aromatic carbocycles. The summed E-state index contributed by atoms with van der Waals surface area (Å²) in [6, 6.07) is 0. The van der Waals surface area contributed by atoms with Gasteiger partial charge in [-0.15, -0.1) is 0 Å². The van der Waals surface area contributed by atoms with Gasteiger partial charge in [-0.1, -0.05) is 0 Å². The van der Waals surface area contributed by atoms with Gasteiger partial charge in [-0.25, -0.2) is 0 Å². The van der Waals surface area contributed by atoms with Crippen LogP contribution in [0.25, 0.3) is 0 Å². The van der Waals surface area contributed by atoms with E-state index in [2.05, 4.69) is 50.5 Å². The van der Waals surface area contributed by atoms with Crippen molar-refractivity contribution in [2.75, 3.05) is 23.9 Å². The van der Waals surface area contributed by atoms with Crippen molar-refractivity contribution < 1.29 is 15.3 Å². The van der Waals surface area contributed by atoms with Crippen LogP contribution in [0.2, 0.25) is 0 Å². The Balaban J connectivity index is 0. The average molecular weight is 278 g/mol. The number of thiol groups is 4. The minimum atomic E-state index is -0.740. The number of aliphatic hydroxyl groups is 3. The largest absolute Gasteiger partial charge is 0.395 e. The molecule has 3 nitrogen and oxygen atoms in total. The highest BCUT2D eigenvalue weighted by molar-refractivity contribution is 7.84. The third-order valence-electron chi connectivity index (χ3n) is 1.24. The van der Waals surface area contributed by atoms with Crippen LogP contribution in [0.4, 0.5) is 0 Å². The Kier molecular flexibility index (Phi) is 15.6. The van der Waals surface area contributed by atoms with E-state index in [4.69, 9.17) is 15.3 Å². The molecule has 0 radical (unpaired) electrons. The molecule has 0 aromatic rings. The molecular formula is C7H18O3S4. The predicted octanol–water partition coefficient (Wildman–Crippen LogP) is -0.225. The zero-order valence-corrected chi connectivity index (χ0v) is 11.3. The standard InChI is InChI=1S/C4H10O2S2.C3H8OS2/c5-3(1-7)4(6)2-8;4-1-3(6)2-5/h3-8H,1-2H2;3-6H,1-2H2/t3-,4+;. The molecule has 0 rings (SSSR count). The van der Waals surface area contributed by atoms with Crippen LogP contribution in [0.15, 0.2) is 0 Å². The van der Waals surface area contributed by atoms with Crippen molar-refractivity contribution in [3.05, 3.63) is 0 Å². The minimum Gasteiger partial charge on any atom is -0.395 e. The first-order valence-electron chi connectivity index (χ1n) is 4.01. The quantitative estimate of drug-likeness (QED) is 0.356. The van der Waals surface area contributed by atoms with E-state index in [1.54, 1.807) is 0 Å². The molecule has 0 saturated carbocycles. The highest BCUT2D eigenvalue weighted by atomic mass is 32.1. The maximum Gasteiger partial charge on any atom is 0.0894 e. The number of rotatable bonds is 5. The van der Waals surface area contributed by atoms with Crippen LogP contribution in [0.3, 0.4) is 0 Å². The van der Waals surface area contributed by atoms with E-state index in [1.165, 1.54) is 0 Å². The van der Waals surface area contributed by atoms with Crippen molar-refractivity contribution in [1.29, 1.82) is 0 Å². The van der Waals surface area contributed by atoms with Crippen LogP contribution in [0.1, 0.15) is 0 Å². The Labute approximate surface area is 107 Å². The Morgan fingerprint density at radius 2 is 1.21 bits per heavy atom.